The second-order valence-electron chi connectivity index (χ2n) is 12.9. The number of hydrogen-bond acceptors (Lipinski definition) is 9. The summed E-state index contributed by atoms with van der Waals surface area (Å²) in [4.78, 5) is 56.8. The molecule has 1 fully saturated rings. The lowest BCUT2D eigenvalue weighted by atomic mass is 9.86. The number of aromatic nitrogens is 2. The number of anilines is 1. The first-order valence-electron chi connectivity index (χ1n) is 14.7. The molecule has 0 bridgehead atoms. The van der Waals surface area contributed by atoms with E-state index in [1.165, 1.54) is 18.2 Å². The van der Waals surface area contributed by atoms with Crippen LogP contribution in [0.4, 0.5) is 10.2 Å². The molecule has 0 atom stereocenters. The first kappa shape index (κ1) is 34.5. The Kier molecular flexibility index (Phi) is 9.26. The van der Waals surface area contributed by atoms with Crippen LogP contribution in [0.3, 0.4) is 0 Å². The van der Waals surface area contributed by atoms with Gasteiger partial charge in [-0.1, -0.05) is 38.4 Å². The van der Waals surface area contributed by atoms with Gasteiger partial charge in [0.05, 0.1) is 27.5 Å². The first-order valence-corrected chi connectivity index (χ1v) is 16.6. The number of furan rings is 1. The molecule has 4 heterocycles. The van der Waals surface area contributed by atoms with E-state index >= 15 is 0 Å². The maximum atomic E-state index is 14.3. The van der Waals surface area contributed by atoms with Crippen molar-refractivity contribution in [1.29, 1.82) is 0 Å². The van der Waals surface area contributed by atoms with Gasteiger partial charge in [0.15, 0.2) is 11.3 Å². The molecule has 15 heteroatoms. The van der Waals surface area contributed by atoms with Crippen molar-refractivity contribution in [2.75, 3.05) is 31.3 Å². The quantitative estimate of drug-likeness (QED) is 0.129. The van der Waals surface area contributed by atoms with Crippen LogP contribution in [0, 0.1) is 12.7 Å². The number of aryl methyl sites for hydroxylation is 1. The number of esters is 1. The van der Waals surface area contributed by atoms with E-state index in [-0.39, 0.29) is 27.7 Å². The highest BCUT2D eigenvalue weighted by Crippen LogP contribution is 2.37. The molecule has 250 valence electrons. The van der Waals surface area contributed by atoms with Crippen molar-refractivity contribution < 1.29 is 42.0 Å². The Morgan fingerprint density at radius 3 is 2.45 bits per heavy atom. The summed E-state index contributed by atoms with van der Waals surface area (Å²) in [5.41, 5.74) is 2.30. The summed E-state index contributed by atoms with van der Waals surface area (Å²) in [6, 6.07) is 11.1. The molecule has 1 aromatic carbocycles. The zero-order chi connectivity index (χ0) is 34.5. The largest absolute Gasteiger partial charge is 0.472 e. The minimum absolute atomic E-state index is 0.0153. The molecule has 0 aliphatic carbocycles. The molecule has 0 saturated carbocycles. The van der Waals surface area contributed by atoms with E-state index in [1.54, 1.807) is 30.0 Å². The fourth-order valence-corrected chi connectivity index (χ4v) is 5.82. The van der Waals surface area contributed by atoms with E-state index in [9.17, 15) is 18.5 Å². The molecule has 2 N–H and O–H groups in total. The number of ether oxygens (including phenoxy) is 1. The van der Waals surface area contributed by atoms with Crippen molar-refractivity contribution in [1.82, 2.24) is 14.9 Å². The molecule has 0 radical (unpaired) electrons. The molecule has 4 aromatic rings. The van der Waals surface area contributed by atoms with Crippen LogP contribution in [-0.2, 0) is 19.2 Å². The van der Waals surface area contributed by atoms with E-state index in [2.05, 4.69) is 9.51 Å². The van der Waals surface area contributed by atoms with E-state index in [1.807, 2.05) is 45.6 Å². The molecule has 1 saturated heterocycles. The van der Waals surface area contributed by atoms with E-state index in [0.717, 1.165) is 5.56 Å². The molecule has 1 aliphatic heterocycles. The third-order valence-corrected chi connectivity index (χ3v) is 8.63. The molecule has 3 aromatic heterocycles. The van der Waals surface area contributed by atoms with Gasteiger partial charge >= 0.3 is 13.8 Å². The number of pyridine rings is 2. The number of benzene rings is 1. The number of nitrogens with zero attached hydrogens (tertiary/aromatic N) is 4. The van der Waals surface area contributed by atoms with Crippen LogP contribution < -0.4 is 4.90 Å². The predicted octanol–water partition coefficient (Wildman–Crippen LogP) is 6.25. The SMILES string of the molecule is Cc1nc(N2CCN(C(=O)c3cc4nc(-c5ccc(Cl)c(F)c5)cc(C(C)(C)C)c4o3)C(C)(C)C2)ccc1C(=O)OCOP(=O)(O)O. The smallest absolute Gasteiger partial charge is 0.449 e. The van der Waals surface area contributed by atoms with Gasteiger partial charge in [-0.05, 0) is 56.5 Å². The normalized spacial score (nSPS) is 15.3. The lowest BCUT2D eigenvalue weighted by molar-refractivity contribution is 0.00635. The average molecular weight is 689 g/mol. The van der Waals surface area contributed by atoms with Gasteiger partial charge in [-0.2, -0.15) is 0 Å². The highest BCUT2D eigenvalue weighted by molar-refractivity contribution is 7.46. The van der Waals surface area contributed by atoms with Crippen molar-refractivity contribution in [3.63, 3.8) is 0 Å². The molecule has 0 spiro atoms. The summed E-state index contributed by atoms with van der Waals surface area (Å²) in [5, 5.41) is 0.0153. The van der Waals surface area contributed by atoms with E-state index < -0.39 is 31.9 Å². The summed E-state index contributed by atoms with van der Waals surface area (Å²) in [7, 11) is -4.78. The number of halogens is 2. The average Bonchev–Trinajstić information content (AvgIpc) is 3.40. The summed E-state index contributed by atoms with van der Waals surface area (Å²) >= 11 is 5.90. The van der Waals surface area contributed by atoms with Crippen molar-refractivity contribution in [3.05, 3.63) is 75.9 Å². The zero-order valence-electron chi connectivity index (χ0n) is 26.7. The molecule has 5 rings (SSSR count). The second-order valence-corrected chi connectivity index (χ2v) is 14.6. The van der Waals surface area contributed by atoms with Crippen LogP contribution in [-0.4, -0.2) is 68.5 Å². The summed E-state index contributed by atoms with van der Waals surface area (Å²) in [5.74, 6) is -0.972. The number of fused-ring (bicyclic) bond motifs is 1. The van der Waals surface area contributed by atoms with Crippen molar-refractivity contribution >= 4 is 48.2 Å². The summed E-state index contributed by atoms with van der Waals surface area (Å²) in [6.07, 6.45) is 0. The molecular weight excluding hydrogens is 654 g/mol. The van der Waals surface area contributed by atoms with Crippen molar-refractivity contribution in [2.24, 2.45) is 0 Å². The van der Waals surface area contributed by atoms with Gasteiger partial charge < -0.3 is 28.7 Å². The van der Waals surface area contributed by atoms with Crippen LogP contribution in [0.25, 0.3) is 22.4 Å². The molecule has 1 amide bonds. The highest BCUT2D eigenvalue weighted by Gasteiger charge is 2.39. The maximum Gasteiger partial charge on any atom is 0.472 e. The monoisotopic (exact) mass is 688 g/mol. The van der Waals surface area contributed by atoms with Crippen LogP contribution in [0.1, 0.15) is 66.8 Å². The molecule has 47 heavy (non-hydrogen) atoms. The van der Waals surface area contributed by atoms with Gasteiger partial charge in [0.25, 0.3) is 5.91 Å². The van der Waals surface area contributed by atoms with Crippen LogP contribution >= 0.6 is 19.4 Å². The van der Waals surface area contributed by atoms with Gasteiger partial charge in [0.1, 0.15) is 17.2 Å². The van der Waals surface area contributed by atoms with Gasteiger partial charge in [-0.25, -0.2) is 28.2 Å². The molecule has 12 nitrogen and oxygen atoms in total. The third-order valence-electron chi connectivity index (χ3n) is 7.89. The number of phosphoric ester groups is 1. The van der Waals surface area contributed by atoms with Gasteiger partial charge in [0.2, 0.25) is 6.79 Å². The van der Waals surface area contributed by atoms with Gasteiger partial charge in [0, 0.05) is 36.8 Å². The Labute approximate surface area is 275 Å². The number of phosphoric acid groups is 1. The number of amides is 1. The zero-order valence-corrected chi connectivity index (χ0v) is 28.4. The molecular formula is C32H35ClFN4O8P. The first-order chi connectivity index (χ1) is 21.8. The Hall–Kier alpha value is -3.87. The van der Waals surface area contributed by atoms with E-state index in [4.69, 9.17) is 35.5 Å². The van der Waals surface area contributed by atoms with Gasteiger partial charge in [-0.15, -0.1) is 0 Å². The molecule has 1 aliphatic rings. The topological polar surface area (TPSA) is 156 Å². The third kappa shape index (κ3) is 7.50. The summed E-state index contributed by atoms with van der Waals surface area (Å²) in [6.45, 7) is 11.9. The fraction of sp³-hybridized carbons (Fsp3) is 0.375. The highest BCUT2D eigenvalue weighted by atomic mass is 35.5. The summed E-state index contributed by atoms with van der Waals surface area (Å²) < 4.78 is 40.3. The minimum Gasteiger partial charge on any atom is -0.449 e. The standard InChI is InChI=1S/C32H35ClFN4O8P/c1-18-20(30(40)44-17-45-47(41,42)43)8-10-27(35-18)37-11-12-38(32(5,6)16-37)29(39)26-15-25-28(46-26)21(31(2,3)4)14-24(36-25)19-7-9-22(33)23(34)13-19/h7-10,13-15H,11-12,16-17H2,1-6H3,(H2,41,42,43). The number of carbonyl (C=O) groups is 2. The van der Waals surface area contributed by atoms with Crippen molar-refractivity contribution in [3.8, 4) is 11.3 Å². The van der Waals surface area contributed by atoms with Crippen LogP contribution in [0.5, 0.6) is 0 Å². The second kappa shape index (κ2) is 12.6. The predicted molar refractivity (Wildman–Crippen MR) is 173 cm³/mol. The Morgan fingerprint density at radius 2 is 1.83 bits per heavy atom. The van der Waals surface area contributed by atoms with Crippen molar-refractivity contribution in [2.45, 2.75) is 52.5 Å². The number of piperazine rings is 1. The minimum atomic E-state index is -4.78. The van der Waals surface area contributed by atoms with E-state index in [0.29, 0.717) is 53.5 Å². The van der Waals surface area contributed by atoms with Gasteiger partial charge in [-0.3, -0.25) is 4.79 Å². The Bertz CT molecular complexity index is 1920. The number of carbonyl (C=O) groups excluding carboxylic acids is 2. The molecule has 0 unspecified atom stereocenters. The van der Waals surface area contributed by atoms with Crippen LogP contribution in [0.2, 0.25) is 5.02 Å². The lowest BCUT2D eigenvalue weighted by Crippen LogP contribution is -2.61. The number of hydrogen-bond donors (Lipinski definition) is 2. The number of rotatable bonds is 7. The fourth-order valence-electron chi connectivity index (χ4n) is 5.51. The maximum absolute atomic E-state index is 14.3. The van der Waals surface area contributed by atoms with Crippen LogP contribution in [0.15, 0.2) is 46.9 Å². The Morgan fingerprint density at radius 1 is 1.11 bits per heavy atom. The Balaban J connectivity index is 1.36. The lowest BCUT2D eigenvalue weighted by Gasteiger charge is -2.47.